The average molecular weight is 238 g/mol. The van der Waals surface area contributed by atoms with Gasteiger partial charge in [0.05, 0.1) is 0 Å². The van der Waals surface area contributed by atoms with Gasteiger partial charge in [-0.15, -0.1) is 0 Å². The zero-order chi connectivity index (χ0) is 13.1. The van der Waals surface area contributed by atoms with Crippen molar-refractivity contribution in [2.24, 2.45) is 5.92 Å². The van der Waals surface area contributed by atoms with E-state index >= 15 is 0 Å². The van der Waals surface area contributed by atoms with Gasteiger partial charge in [0.2, 0.25) is 0 Å². The number of allylic oxidation sites excluding steroid dienone is 2. The fraction of sp³-hybridized carbons (Fsp3) is 0.882. The average Bonchev–Trinajstić information content (AvgIpc) is 2.34. The van der Waals surface area contributed by atoms with Gasteiger partial charge in [-0.05, 0) is 44.4 Å². The van der Waals surface area contributed by atoms with Crippen LogP contribution in [0.2, 0.25) is 0 Å². The molecular weight excluding hydrogens is 204 g/mol. The number of hydrogen-bond acceptors (Lipinski definition) is 0. The molecule has 0 unspecified atom stereocenters. The summed E-state index contributed by atoms with van der Waals surface area (Å²) in [6.07, 6.45) is 12.1. The standard InChI is InChI=1S/C17H34/c1-6-11-14-17(15(9-4)10-5)16(12-7-2)13-8-3/h16H,6-14H2,1-5H3. The van der Waals surface area contributed by atoms with Gasteiger partial charge in [-0.2, -0.15) is 0 Å². The number of unbranched alkanes of at least 4 members (excludes halogenated alkanes) is 1. The van der Waals surface area contributed by atoms with E-state index in [9.17, 15) is 0 Å². The van der Waals surface area contributed by atoms with Crippen LogP contribution in [0, 0.1) is 5.92 Å². The molecule has 0 spiro atoms. The largest absolute Gasteiger partial charge is 0.0713 e. The first-order valence-electron chi connectivity index (χ1n) is 7.95. The fourth-order valence-electron chi connectivity index (χ4n) is 2.93. The Labute approximate surface area is 110 Å². The molecule has 0 bridgehead atoms. The van der Waals surface area contributed by atoms with E-state index in [-0.39, 0.29) is 0 Å². The molecule has 0 fully saturated rings. The summed E-state index contributed by atoms with van der Waals surface area (Å²) in [7, 11) is 0. The van der Waals surface area contributed by atoms with E-state index in [1.165, 1.54) is 57.8 Å². The summed E-state index contributed by atoms with van der Waals surface area (Å²) in [5.74, 6) is 0.881. The third-order valence-corrected chi connectivity index (χ3v) is 3.87. The highest BCUT2D eigenvalue weighted by atomic mass is 14.2. The van der Waals surface area contributed by atoms with Gasteiger partial charge in [-0.3, -0.25) is 0 Å². The van der Waals surface area contributed by atoms with E-state index < -0.39 is 0 Å². The maximum absolute atomic E-state index is 2.33. The van der Waals surface area contributed by atoms with E-state index in [4.69, 9.17) is 0 Å². The smallest absolute Gasteiger partial charge is 0.0201 e. The van der Waals surface area contributed by atoms with Crippen molar-refractivity contribution in [3.63, 3.8) is 0 Å². The predicted molar refractivity (Wildman–Crippen MR) is 80.4 cm³/mol. The van der Waals surface area contributed by atoms with Gasteiger partial charge in [0.1, 0.15) is 0 Å². The lowest BCUT2D eigenvalue weighted by Gasteiger charge is -2.23. The maximum Gasteiger partial charge on any atom is -0.0201 e. The zero-order valence-corrected chi connectivity index (χ0v) is 12.9. The summed E-state index contributed by atoms with van der Waals surface area (Å²) in [6.45, 7) is 11.6. The van der Waals surface area contributed by atoms with Crippen molar-refractivity contribution in [1.82, 2.24) is 0 Å². The highest BCUT2D eigenvalue weighted by Gasteiger charge is 2.15. The van der Waals surface area contributed by atoms with Crippen LogP contribution in [0.5, 0.6) is 0 Å². The van der Waals surface area contributed by atoms with Crippen molar-refractivity contribution in [3.05, 3.63) is 11.1 Å². The molecule has 0 aliphatic rings. The van der Waals surface area contributed by atoms with Crippen LogP contribution < -0.4 is 0 Å². The molecular formula is C17H34. The van der Waals surface area contributed by atoms with E-state index in [0.717, 1.165) is 5.92 Å². The quantitative estimate of drug-likeness (QED) is 0.381. The van der Waals surface area contributed by atoms with E-state index in [1.54, 1.807) is 5.57 Å². The van der Waals surface area contributed by atoms with Crippen LogP contribution in [0.25, 0.3) is 0 Å². The Kier molecular flexibility index (Phi) is 10.7. The third kappa shape index (κ3) is 6.29. The molecule has 0 aromatic rings. The Morgan fingerprint density at radius 2 is 1.29 bits per heavy atom. The van der Waals surface area contributed by atoms with Crippen molar-refractivity contribution in [1.29, 1.82) is 0 Å². The van der Waals surface area contributed by atoms with E-state index in [2.05, 4.69) is 34.6 Å². The van der Waals surface area contributed by atoms with Crippen LogP contribution in [0.1, 0.15) is 92.4 Å². The molecule has 0 atom stereocenters. The van der Waals surface area contributed by atoms with Crippen molar-refractivity contribution in [2.45, 2.75) is 92.4 Å². The third-order valence-electron chi connectivity index (χ3n) is 3.87. The molecule has 0 heteroatoms. The number of rotatable bonds is 10. The highest BCUT2D eigenvalue weighted by Crippen LogP contribution is 2.31. The van der Waals surface area contributed by atoms with Crippen LogP contribution in [0.3, 0.4) is 0 Å². The van der Waals surface area contributed by atoms with Gasteiger partial charge in [0.25, 0.3) is 0 Å². The summed E-state index contributed by atoms with van der Waals surface area (Å²) in [5.41, 5.74) is 3.59. The van der Waals surface area contributed by atoms with Crippen molar-refractivity contribution < 1.29 is 0 Å². The van der Waals surface area contributed by atoms with Gasteiger partial charge in [0, 0.05) is 0 Å². The molecule has 0 aromatic carbocycles. The summed E-state index contributed by atoms with van der Waals surface area (Å²) < 4.78 is 0. The van der Waals surface area contributed by atoms with Gasteiger partial charge >= 0.3 is 0 Å². The van der Waals surface area contributed by atoms with Gasteiger partial charge in [-0.25, -0.2) is 0 Å². The lowest BCUT2D eigenvalue weighted by atomic mass is 9.83. The molecule has 0 aliphatic heterocycles. The van der Waals surface area contributed by atoms with Crippen molar-refractivity contribution >= 4 is 0 Å². The summed E-state index contributed by atoms with van der Waals surface area (Å²) >= 11 is 0. The van der Waals surface area contributed by atoms with Crippen molar-refractivity contribution in [3.8, 4) is 0 Å². The molecule has 0 aromatic heterocycles. The van der Waals surface area contributed by atoms with E-state index in [0.29, 0.717) is 0 Å². The molecule has 0 N–H and O–H groups in total. The van der Waals surface area contributed by atoms with Gasteiger partial charge in [-0.1, -0.05) is 65.0 Å². The van der Waals surface area contributed by atoms with Crippen LogP contribution in [-0.2, 0) is 0 Å². The second-order valence-electron chi connectivity index (χ2n) is 5.21. The number of hydrogen-bond donors (Lipinski definition) is 0. The molecule has 0 saturated heterocycles. The second-order valence-corrected chi connectivity index (χ2v) is 5.21. The second kappa shape index (κ2) is 10.9. The van der Waals surface area contributed by atoms with Gasteiger partial charge < -0.3 is 0 Å². The van der Waals surface area contributed by atoms with E-state index in [1.807, 2.05) is 5.57 Å². The van der Waals surface area contributed by atoms with Crippen molar-refractivity contribution in [2.75, 3.05) is 0 Å². The topological polar surface area (TPSA) is 0 Å². The van der Waals surface area contributed by atoms with Gasteiger partial charge in [0.15, 0.2) is 0 Å². The monoisotopic (exact) mass is 238 g/mol. The zero-order valence-electron chi connectivity index (χ0n) is 12.9. The first-order valence-corrected chi connectivity index (χ1v) is 7.95. The molecule has 0 saturated carbocycles. The summed E-state index contributed by atoms with van der Waals surface area (Å²) in [6, 6.07) is 0. The normalized spacial score (nSPS) is 10.9. The lowest BCUT2D eigenvalue weighted by Crippen LogP contribution is -2.07. The Bertz CT molecular complexity index is 188. The molecule has 17 heavy (non-hydrogen) atoms. The first kappa shape index (κ1) is 16.7. The van der Waals surface area contributed by atoms with Crippen LogP contribution in [-0.4, -0.2) is 0 Å². The molecule has 0 heterocycles. The Morgan fingerprint density at radius 3 is 1.65 bits per heavy atom. The minimum atomic E-state index is 0.881. The Morgan fingerprint density at radius 1 is 0.765 bits per heavy atom. The molecule has 0 radical (unpaired) electrons. The molecule has 0 nitrogen and oxygen atoms in total. The minimum absolute atomic E-state index is 0.881. The summed E-state index contributed by atoms with van der Waals surface area (Å²) in [4.78, 5) is 0. The molecule has 0 aliphatic carbocycles. The molecule has 0 amide bonds. The SMILES string of the molecule is CCCCC(=C(CC)CC)C(CCC)CCC. The molecule has 0 rings (SSSR count). The van der Waals surface area contributed by atoms with Crippen LogP contribution in [0.4, 0.5) is 0 Å². The maximum atomic E-state index is 2.33. The minimum Gasteiger partial charge on any atom is -0.0713 e. The Hall–Kier alpha value is -0.260. The fourth-order valence-corrected chi connectivity index (χ4v) is 2.93. The predicted octanol–water partition coefficient (Wildman–Crippen LogP) is 6.51. The van der Waals surface area contributed by atoms with Crippen LogP contribution >= 0.6 is 0 Å². The Balaban J connectivity index is 4.88. The highest BCUT2D eigenvalue weighted by molar-refractivity contribution is 5.17. The lowest BCUT2D eigenvalue weighted by molar-refractivity contribution is 0.476. The first-order chi connectivity index (χ1) is 8.24. The molecule has 102 valence electrons. The summed E-state index contributed by atoms with van der Waals surface area (Å²) in [5, 5.41) is 0. The van der Waals surface area contributed by atoms with Crippen LogP contribution in [0.15, 0.2) is 11.1 Å².